The van der Waals surface area contributed by atoms with Crippen molar-refractivity contribution in [1.82, 2.24) is 4.90 Å². The Kier molecular flexibility index (Phi) is 5.18. The molecule has 7 heteroatoms. The molecule has 0 aliphatic carbocycles. The zero-order valence-electron chi connectivity index (χ0n) is 13.7. The van der Waals surface area contributed by atoms with Crippen LogP contribution in [0, 0.1) is 11.6 Å². The van der Waals surface area contributed by atoms with Crippen molar-refractivity contribution in [3.05, 3.63) is 28.2 Å². The molecular formula is C16H21BrF2N2O2. The van der Waals surface area contributed by atoms with E-state index in [9.17, 15) is 13.6 Å². The third-order valence-electron chi connectivity index (χ3n) is 3.60. The number of hydrogen-bond acceptors (Lipinski definition) is 3. The Morgan fingerprint density at radius 2 is 1.91 bits per heavy atom. The standard InChI is InChI=1S/C16H21BrF2N2O2/c1-10-9-20(15(22)23-16(2,3)4)7-8-21(10)12-6-5-11(17)13(18)14(12)19/h5-6,10H,7-9H2,1-4H3/t10-/m0/s1. The number of anilines is 1. The van der Waals surface area contributed by atoms with Gasteiger partial charge in [0.25, 0.3) is 0 Å². The van der Waals surface area contributed by atoms with Crippen LogP contribution in [0.5, 0.6) is 0 Å². The Bertz CT molecular complexity index is 604. The number of hydrogen-bond donors (Lipinski definition) is 0. The Hall–Kier alpha value is -1.37. The summed E-state index contributed by atoms with van der Waals surface area (Å²) in [6, 6.07) is 2.88. The number of carbonyl (C=O) groups is 1. The lowest BCUT2D eigenvalue weighted by atomic mass is 10.1. The van der Waals surface area contributed by atoms with E-state index >= 15 is 0 Å². The van der Waals surface area contributed by atoms with E-state index in [0.717, 1.165) is 0 Å². The smallest absolute Gasteiger partial charge is 0.410 e. The molecule has 4 nitrogen and oxygen atoms in total. The number of carbonyl (C=O) groups excluding carboxylic acids is 1. The van der Waals surface area contributed by atoms with Crippen LogP contribution in [0.2, 0.25) is 0 Å². The van der Waals surface area contributed by atoms with Crippen molar-refractivity contribution in [3.8, 4) is 0 Å². The minimum Gasteiger partial charge on any atom is -0.444 e. The van der Waals surface area contributed by atoms with Crippen molar-refractivity contribution in [2.45, 2.75) is 39.3 Å². The lowest BCUT2D eigenvalue weighted by molar-refractivity contribution is 0.0218. The minimum atomic E-state index is -0.899. The highest BCUT2D eigenvalue weighted by Gasteiger charge is 2.31. The van der Waals surface area contributed by atoms with Gasteiger partial charge in [-0.2, -0.15) is 0 Å². The molecule has 1 aromatic rings. The zero-order valence-corrected chi connectivity index (χ0v) is 15.3. The first-order chi connectivity index (χ1) is 10.6. The van der Waals surface area contributed by atoms with Crippen molar-refractivity contribution in [2.75, 3.05) is 24.5 Å². The van der Waals surface area contributed by atoms with Crippen molar-refractivity contribution >= 4 is 27.7 Å². The van der Waals surface area contributed by atoms with Crippen LogP contribution in [0.25, 0.3) is 0 Å². The van der Waals surface area contributed by atoms with Crippen molar-refractivity contribution in [2.24, 2.45) is 0 Å². The van der Waals surface area contributed by atoms with Crippen LogP contribution in [0.15, 0.2) is 16.6 Å². The average molecular weight is 391 g/mol. The van der Waals surface area contributed by atoms with Gasteiger partial charge in [-0.25, -0.2) is 13.6 Å². The van der Waals surface area contributed by atoms with E-state index in [1.165, 1.54) is 6.07 Å². The molecule has 1 aromatic carbocycles. The van der Waals surface area contributed by atoms with Gasteiger partial charge in [0, 0.05) is 25.7 Å². The second kappa shape index (κ2) is 6.63. The normalized spacial score (nSPS) is 19.0. The van der Waals surface area contributed by atoms with Crippen LogP contribution >= 0.6 is 15.9 Å². The molecule has 1 saturated heterocycles. The second-order valence-electron chi connectivity index (χ2n) is 6.66. The molecule has 0 radical (unpaired) electrons. The van der Waals surface area contributed by atoms with Crippen LogP contribution in [0.4, 0.5) is 19.3 Å². The first-order valence-electron chi connectivity index (χ1n) is 7.48. The quantitative estimate of drug-likeness (QED) is 0.674. The summed E-state index contributed by atoms with van der Waals surface area (Å²) in [5.41, 5.74) is -0.347. The van der Waals surface area contributed by atoms with Gasteiger partial charge in [0.1, 0.15) is 5.60 Å². The molecule has 0 saturated carbocycles. The predicted molar refractivity (Wildman–Crippen MR) is 88.7 cm³/mol. The number of rotatable bonds is 1. The maximum atomic E-state index is 14.1. The summed E-state index contributed by atoms with van der Waals surface area (Å²) in [5, 5.41) is 0. The largest absolute Gasteiger partial charge is 0.444 e. The van der Waals surface area contributed by atoms with Gasteiger partial charge in [-0.3, -0.25) is 0 Å². The summed E-state index contributed by atoms with van der Waals surface area (Å²) in [6.07, 6.45) is -0.383. The van der Waals surface area contributed by atoms with Gasteiger partial charge in [-0.1, -0.05) is 0 Å². The molecule has 0 spiro atoms. The number of halogens is 3. The van der Waals surface area contributed by atoms with Crippen LogP contribution in [0.3, 0.4) is 0 Å². The molecule has 2 rings (SSSR count). The molecule has 128 valence electrons. The molecule has 1 fully saturated rings. The minimum absolute atomic E-state index is 0.0961. The Morgan fingerprint density at radius 1 is 1.26 bits per heavy atom. The highest BCUT2D eigenvalue weighted by molar-refractivity contribution is 9.10. The van der Waals surface area contributed by atoms with Gasteiger partial charge in [-0.05, 0) is 55.8 Å². The van der Waals surface area contributed by atoms with Gasteiger partial charge in [0.2, 0.25) is 0 Å². The third kappa shape index (κ3) is 4.13. The highest BCUT2D eigenvalue weighted by Crippen LogP contribution is 2.29. The molecule has 1 amide bonds. The SMILES string of the molecule is C[C@H]1CN(C(=O)OC(C)(C)C)CCN1c1ccc(Br)c(F)c1F. The van der Waals surface area contributed by atoms with Crippen LogP contribution in [-0.4, -0.2) is 42.3 Å². The van der Waals surface area contributed by atoms with Crippen molar-refractivity contribution in [1.29, 1.82) is 0 Å². The van der Waals surface area contributed by atoms with Gasteiger partial charge in [0.05, 0.1) is 10.2 Å². The van der Waals surface area contributed by atoms with E-state index in [4.69, 9.17) is 4.74 Å². The Morgan fingerprint density at radius 3 is 2.48 bits per heavy atom. The van der Waals surface area contributed by atoms with Crippen LogP contribution < -0.4 is 4.90 Å². The molecule has 23 heavy (non-hydrogen) atoms. The predicted octanol–water partition coefficient (Wildman–Crippen LogP) is 4.17. The summed E-state index contributed by atoms with van der Waals surface area (Å²) in [5.74, 6) is -1.78. The fraction of sp³-hybridized carbons (Fsp3) is 0.562. The van der Waals surface area contributed by atoms with E-state index in [-0.39, 0.29) is 22.3 Å². The third-order valence-corrected chi connectivity index (χ3v) is 4.22. The van der Waals surface area contributed by atoms with Gasteiger partial charge >= 0.3 is 6.09 Å². The maximum absolute atomic E-state index is 14.1. The summed E-state index contributed by atoms with van der Waals surface area (Å²) in [6.45, 7) is 8.51. The zero-order chi connectivity index (χ0) is 17.4. The summed E-state index contributed by atoms with van der Waals surface area (Å²) in [7, 11) is 0. The van der Waals surface area contributed by atoms with Crippen molar-refractivity contribution in [3.63, 3.8) is 0 Å². The van der Waals surface area contributed by atoms with E-state index in [1.807, 2.05) is 27.7 Å². The van der Waals surface area contributed by atoms with E-state index in [2.05, 4.69) is 15.9 Å². The van der Waals surface area contributed by atoms with Crippen LogP contribution in [-0.2, 0) is 4.74 Å². The molecule has 1 aliphatic heterocycles. The van der Waals surface area contributed by atoms with E-state index in [0.29, 0.717) is 19.6 Å². The van der Waals surface area contributed by atoms with Gasteiger partial charge in [0.15, 0.2) is 11.6 Å². The molecule has 1 aliphatic rings. The second-order valence-corrected chi connectivity index (χ2v) is 7.52. The molecule has 0 aromatic heterocycles. The first kappa shape index (κ1) is 18.0. The summed E-state index contributed by atoms with van der Waals surface area (Å²) in [4.78, 5) is 15.5. The number of ether oxygens (including phenoxy) is 1. The molecule has 1 heterocycles. The Labute approximate surface area is 143 Å². The van der Waals surface area contributed by atoms with E-state index < -0.39 is 17.2 Å². The number of amides is 1. The van der Waals surface area contributed by atoms with Gasteiger partial charge in [-0.15, -0.1) is 0 Å². The molecular weight excluding hydrogens is 370 g/mol. The lowest BCUT2D eigenvalue weighted by Crippen LogP contribution is -2.54. The maximum Gasteiger partial charge on any atom is 0.410 e. The summed E-state index contributed by atoms with van der Waals surface area (Å²) >= 11 is 2.97. The summed E-state index contributed by atoms with van der Waals surface area (Å²) < 4.78 is 33.3. The average Bonchev–Trinajstić information content (AvgIpc) is 2.44. The lowest BCUT2D eigenvalue weighted by Gasteiger charge is -2.41. The fourth-order valence-electron chi connectivity index (χ4n) is 2.55. The number of nitrogens with zero attached hydrogens (tertiary/aromatic N) is 2. The molecule has 0 unspecified atom stereocenters. The topological polar surface area (TPSA) is 32.8 Å². The molecule has 1 atom stereocenters. The molecule has 0 bridgehead atoms. The first-order valence-corrected chi connectivity index (χ1v) is 8.27. The number of benzene rings is 1. The van der Waals surface area contributed by atoms with Crippen LogP contribution in [0.1, 0.15) is 27.7 Å². The monoisotopic (exact) mass is 390 g/mol. The Balaban J connectivity index is 2.11. The van der Waals surface area contributed by atoms with Crippen molar-refractivity contribution < 1.29 is 18.3 Å². The van der Waals surface area contributed by atoms with E-state index in [1.54, 1.807) is 15.9 Å². The number of piperazine rings is 1. The fourth-order valence-corrected chi connectivity index (χ4v) is 2.85. The van der Waals surface area contributed by atoms with Gasteiger partial charge < -0.3 is 14.5 Å². The molecule has 0 N–H and O–H groups in total. The highest BCUT2D eigenvalue weighted by atomic mass is 79.9.